The maximum Gasteiger partial charge on any atom is 0.353 e. The second kappa shape index (κ2) is 6.34. The number of carboxylic acids is 1. The average Bonchev–Trinajstić information content (AvgIpc) is 2.38. The van der Waals surface area contributed by atoms with Crippen LogP contribution in [0.1, 0.15) is 0 Å². The third-order valence-electron chi connectivity index (χ3n) is 2.18. The fraction of sp³-hybridized carbons (Fsp3) is 0.154. The van der Waals surface area contributed by atoms with E-state index in [-0.39, 0.29) is 0 Å². The van der Waals surface area contributed by atoms with Gasteiger partial charge in [-0.25, -0.2) is 9.36 Å². The van der Waals surface area contributed by atoms with E-state index in [0.717, 1.165) is 7.11 Å². The van der Waals surface area contributed by atoms with Crippen molar-refractivity contribution in [3.63, 3.8) is 0 Å². The third-order valence-corrected chi connectivity index (χ3v) is 2.18. The van der Waals surface area contributed by atoms with Crippen LogP contribution in [0.15, 0.2) is 42.7 Å². The molecule has 1 aromatic heterocycles. The second-order valence-corrected chi connectivity index (χ2v) is 3.52. The molecule has 1 heterocycles. The zero-order valence-corrected chi connectivity index (χ0v) is 10.1. The van der Waals surface area contributed by atoms with E-state index in [1.807, 2.05) is 7.05 Å². The van der Waals surface area contributed by atoms with Crippen molar-refractivity contribution in [2.75, 3.05) is 7.11 Å². The van der Waals surface area contributed by atoms with Crippen molar-refractivity contribution in [1.82, 2.24) is 0 Å². The summed E-state index contributed by atoms with van der Waals surface area (Å²) in [5.74, 6) is -3.16. The smallest absolute Gasteiger partial charge is 0.353 e. The highest BCUT2D eigenvalue weighted by molar-refractivity contribution is 6.27. The molecule has 5 heteroatoms. The summed E-state index contributed by atoms with van der Waals surface area (Å²) in [4.78, 5) is 19.0. The van der Waals surface area contributed by atoms with Gasteiger partial charge in [0, 0.05) is 11.5 Å². The van der Waals surface area contributed by atoms with Crippen molar-refractivity contribution in [2.24, 2.45) is 7.05 Å². The van der Waals surface area contributed by atoms with Gasteiger partial charge in [-0.2, -0.15) is 0 Å². The first-order valence-corrected chi connectivity index (χ1v) is 5.18. The van der Waals surface area contributed by atoms with Crippen LogP contribution in [0.4, 0.5) is 0 Å². The molecular weight excluding hydrogens is 234 g/mol. The van der Waals surface area contributed by atoms with Gasteiger partial charge >= 0.3 is 5.97 Å². The number of aromatic nitrogens is 1. The molecule has 1 aromatic carbocycles. The molecule has 0 N–H and O–H groups in total. The molecule has 0 bridgehead atoms. The van der Waals surface area contributed by atoms with E-state index in [0.29, 0.717) is 0 Å². The minimum Gasteiger partial charge on any atom is -0.539 e. The molecule has 0 unspecified atom stereocenters. The van der Waals surface area contributed by atoms with Crippen LogP contribution in [0.3, 0.4) is 0 Å². The van der Waals surface area contributed by atoms with Gasteiger partial charge < -0.3 is 14.6 Å². The lowest BCUT2D eigenvalue weighted by Gasteiger charge is -1.94. The zero-order valence-electron chi connectivity index (χ0n) is 10.1. The Morgan fingerprint density at radius 1 is 1.17 bits per heavy atom. The van der Waals surface area contributed by atoms with Crippen LogP contribution in [0.2, 0.25) is 0 Å². The monoisotopic (exact) mass is 247 g/mol. The zero-order chi connectivity index (χ0) is 13.5. The van der Waals surface area contributed by atoms with E-state index in [4.69, 9.17) is 0 Å². The van der Waals surface area contributed by atoms with E-state index >= 15 is 0 Å². The van der Waals surface area contributed by atoms with Gasteiger partial charge in [-0.15, -0.1) is 0 Å². The number of rotatable bonds is 0. The molecule has 0 aliphatic heterocycles. The molecule has 0 fully saturated rings. The Hall–Kier alpha value is -2.43. The number of hydrogen-bond donors (Lipinski definition) is 0. The van der Waals surface area contributed by atoms with Gasteiger partial charge in [0.15, 0.2) is 18.4 Å². The van der Waals surface area contributed by atoms with Crippen molar-refractivity contribution >= 4 is 22.7 Å². The largest absolute Gasteiger partial charge is 0.539 e. The van der Waals surface area contributed by atoms with Gasteiger partial charge in [-0.05, 0) is 11.5 Å². The van der Waals surface area contributed by atoms with Gasteiger partial charge in [-0.3, -0.25) is 0 Å². The first kappa shape index (κ1) is 13.6. The Morgan fingerprint density at radius 3 is 2.28 bits per heavy atom. The molecule has 0 amide bonds. The summed E-state index contributed by atoms with van der Waals surface area (Å²) in [6.07, 6.45) is 4.18. The number of carbonyl (C=O) groups is 2. The van der Waals surface area contributed by atoms with E-state index in [1.165, 1.54) is 10.8 Å². The number of aryl methyl sites for hydroxylation is 1. The third kappa shape index (κ3) is 3.86. The Kier molecular flexibility index (Phi) is 4.80. The molecule has 0 aliphatic carbocycles. The Morgan fingerprint density at radius 2 is 1.78 bits per heavy atom. The number of ether oxygens (including phenoxy) is 1. The number of carbonyl (C=O) groups excluding carboxylic acids is 2. The Balaban J connectivity index is 0.000000203. The van der Waals surface area contributed by atoms with Crippen LogP contribution in [0.5, 0.6) is 0 Å². The fourth-order valence-electron chi connectivity index (χ4n) is 1.32. The number of carboxylic acid groups (broad SMARTS) is 1. The number of esters is 1. The minimum atomic E-state index is -1.82. The maximum atomic E-state index is 9.63. The minimum absolute atomic E-state index is 0.970. The van der Waals surface area contributed by atoms with Gasteiger partial charge in [0.05, 0.1) is 7.11 Å². The summed E-state index contributed by atoms with van der Waals surface area (Å²) in [6, 6.07) is 10.5. The van der Waals surface area contributed by atoms with Crippen molar-refractivity contribution < 1.29 is 24.0 Å². The van der Waals surface area contributed by atoms with E-state index in [1.54, 1.807) is 0 Å². The summed E-state index contributed by atoms with van der Waals surface area (Å²) >= 11 is 0. The highest BCUT2D eigenvalue weighted by atomic mass is 16.5. The molecule has 0 aliphatic rings. The predicted octanol–water partition coefficient (Wildman–Crippen LogP) is -0.426. The molecule has 2 rings (SSSR count). The molecule has 0 spiro atoms. The van der Waals surface area contributed by atoms with Gasteiger partial charge in [0.25, 0.3) is 0 Å². The first-order chi connectivity index (χ1) is 8.54. The van der Waals surface area contributed by atoms with E-state index in [2.05, 4.69) is 52.0 Å². The van der Waals surface area contributed by atoms with Crippen molar-refractivity contribution in [2.45, 2.75) is 0 Å². The summed E-state index contributed by atoms with van der Waals surface area (Å²) in [5, 5.41) is 11.9. The number of fused-ring (bicyclic) bond motifs is 1. The number of hydrogen-bond acceptors (Lipinski definition) is 4. The van der Waals surface area contributed by atoms with Gasteiger partial charge in [0.1, 0.15) is 7.05 Å². The molecule has 18 heavy (non-hydrogen) atoms. The van der Waals surface area contributed by atoms with Crippen LogP contribution in [-0.4, -0.2) is 19.0 Å². The van der Waals surface area contributed by atoms with Crippen LogP contribution in [-0.2, 0) is 21.4 Å². The summed E-state index contributed by atoms with van der Waals surface area (Å²) in [6.45, 7) is 0. The molecule has 0 atom stereocenters. The molecular formula is C13H13NO4. The standard InChI is InChI=1S/C10H10N.C3H4O4/c1-11-7-6-9-4-2-3-5-10(9)8-11;1-7-3(6)2(4)5/h2-8H,1H3;1H3,(H,4,5)/q+1;/p-1. The van der Waals surface area contributed by atoms with E-state index in [9.17, 15) is 14.7 Å². The second-order valence-electron chi connectivity index (χ2n) is 3.52. The van der Waals surface area contributed by atoms with Crippen LogP contribution in [0.25, 0.3) is 10.8 Å². The van der Waals surface area contributed by atoms with E-state index < -0.39 is 11.9 Å². The first-order valence-electron chi connectivity index (χ1n) is 5.18. The SMILES string of the molecule is COC(=O)C(=O)[O-].C[n+]1ccc2ccccc2c1. The molecule has 0 saturated heterocycles. The van der Waals surface area contributed by atoms with Crippen molar-refractivity contribution in [3.8, 4) is 0 Å². The Labute approximate surface area is 104 Å². The molecule has 0 saturated carbocycles. The van der Waals surface area contributed by atoms with Crippen molar-refractivity contribution in [1.29, 1.82) is 0 Å². The molecule has 2 aromatic rings. The molecule has 94 valence electrons. The lowest BCUT2D eigenvalue weighted by Crippen LogP contribution is -2.32. The van der Waals surface area contributed by atoms with Gasteiger partial charge in [0.2, 0.25) is 0 Å². The van der Waals surface area contributed by atoms with Crippen LogP contribution >= 0.6 is 0 Å². The molecule has 5 nitrogen and oxygen atoms in total. The normalized spacial score (nSPS) is 9.22. The fourth-order valence-corrected chi connectivity index (χ4v) is 1.32. The summed E-state index contributed by atoms with van der Waals surface area (Å²) < 4.78 is 5.77. The van der Waals surface area contributed by atoms with Crippen LogP contribution in [0, 0.1) is 0 Å². The highest BCUT2D eigenvalue weighted by Gasteiger charge is 1.96. The maximum absolute atomic E-state index is 9.63. The summed E-state index contributed by atoms with van der Waals surface area (Å²) in [7, 11) is 3.00. The predicted molar refractivity (Wildman–Crippen MR) is 62.1 cm³/mol. The molecule has 0 radical (unpaired) electrons. The quantitative estimate of drug-likeness (QED) is 0.360. The number of pyridine rings is 1. The summed E-state index contributed by atoms with van der Waals surface area (Å²) in [5.41, 5.74) is 0. The Bertz CT molecular complexity index is 566. The number of benzene rings is 1. The number of nitrogens with zero attached hydrogens (tertiary/aromatic N) is 1. The lowest BCUT2D eigenvalue weighted by atomic mass is 10.2. The number of methoxy groups -OCH3 is 1. The lowest BCUT2D eigenvalue weighted by molar-refractivity contribution is -0.670. The van der Waals surface area contributed by atoms with Gasteiger partial charge in [-0.1, -0.05) is 18.2 Å². The highest BCUT2D eigenvalue weighted by Crippen LogP contribution is 2.08. The topological polar surface area (TPSA) is 70.3 Å². The van der Waals surface area contributed by atoms with Crippen molar-refractivity contribution in [3.05, 3.63) is 42.7 Å². The van der Waals surface area contributed by atoms with Crippen LogP contribution < -0.4 is 9.67 Å². The number of aliphatic carboxylic acids is 1. The average molecular weight is 247 g/mol.